The molecule has 0 radical (unpaired) electrons. The average Bonchev–Trinajstić information content (AvgIpc) is 3.86. The SMILES string of the molecule is CC.CCCCCCCCCCCCCCCCCCOCC(COP(O)OCC1CCC(c2ccc3c(N)ncnn23)O1)OCc1cc(F)cc(C#N)c1. The monoisotopic (exact) mass is 787 g/mol. The number of nitriles is 1. The van der Waals surface area contributed by atoms with E-state index in [0.29, 0.717) is 18.0 Å². The standard InChI is InChI=1S/C40H61FN5O6P.C2H6/c1-2-3-4-5-6-7-8-9-10-11-12-13-14-15-16-17-22-48-28-36(49-27-33-23-32(26-42)24-34(41)25-33)30-51-53(47)50-29-35-18-21-39(52-35)37-19-20-38-40(43)44-31-45-46(37)38;1-2/h19-20,23-25,31,35-36,39,47H,2-18,21-22,27-30H2,1H3,(H2,43,44,45);1-2H3. The molecule has 4 rings (SSSR count). The van der Waals surface area contributed by atoms with E-state index < -0.39 is 20.5 Å². The predicted octanol–water partition coefficient (Wildman–Crippen LogP) is 10.7. The Morgan fingerprint density at radius 2 is 1.58 bits per heavy atom. The number of fused-ring (bicyclic) bond motifs is 1. The Bertz CT molecular complexity index is 1490. The highest BCUT2D eigenvalue weighted by Gasteiger charge is 2.30. The van der Waals surface area contributed by atoms with Gasteiger partial charge in [0, 0.05) is 6.61 Å². The summed E-state index contributed by atoms with van der Waals surface area (Å²) in [6.07, 6.45) is 23.0. The number of halogens is 1. The molecule has 4 atom stereocenters. The van der Waals surface area contributed by atoms with Gasteiger partial charge in [0.05, 0.1) is 49.9 Å². The molecular weight excluding hydrogens is 720 g/mol. The lowest BCUT2D eigenvalue weighted by atomic mass is 10.0. The van der Waals surface area contributed by atoms with Gasteiger partial charge in [0.15, 0.2) is 5.82 Å². The highest BCUT2D eigenvalue weighted by atomic mass is 31.2. The molecule has 0 saturated carbocycles. The summed E-state index contributed by atoms with van der Waals surface area (Å²) in [6.45, 7) is 7.36. The zero-order valence-corrected chi connectivity index (χ0v) is 34.5. The molecule has 3 heterocycles. The Balaban J connectivity index is 0.00000399. The lowest BCUT2D eigenvalue weighted by Gasteiger charge is -2.20. The van der Waals surface area contributed by atoms with E-state index in [0.717, 1.165) is 36.9 Å². The van der Waals surface area contributed by atoms with E-state index >= 15 is 0 Å². The fraction of sp³-hybridized carbons (Fsp3) is 0.690. The minimum Gasteiger partial charge on any atom is -0.382 e. The summed E-state index contributed by atoms with van der Waals surface area (Å²) in [6, 6.07) is 9.89. The minimum atomic E-state index is -2.20. The molecule has 1 fully saturated rings. The van der Waals surface area contributed by atoms with Crippen molar-refractivity contribution in [1.82, 2.24) is 14.6 Å². The molecule has 55 heavy (non-hydrogen) atoms. The second-order valence-corrected chi connectivity index (χ2v) is 15.1. The van der Waals surface area contributed by atoms with Crippen molar-refractivity contribution in [3.8, 4) is 6.07 Å². The van der Waals surface area contributed by atoms with Crippen LogP contribution >= 0.6 is 8.60 Å². The molecule has 1 saturated heterocycles. The van der Waals surface area contributed by atoms with Gasteiger partial charge in [-0.15, -0.1) is 0 Å². The third kappa shape index (κ3) is 18.4. The Morgan fingerprint density at radius 1 is 0.927 bits per heavy atom. The summed E-state index contributed by atoms with van der Waals surface area (Å²) in [5.41, 5.74) is 8.34. The predicted molar refractivity (Wildman–Crippen MR) is 217 cm³/mol. The zero-order chi connectivity index (χ0) is 39.5. The maximum atomic E-state index is 14.0. The van der Waals surface area contributed by atoms with Gasteiger partial charge in [-0.05, 0) is 55.2 Å². The number of nitrogens with two attached hydrogens (primary N) is 1. The number of hydrogen-bond acceptors (Lipinski definition) is 10. The first-order valence-electron chi connectivity index (χ1n) is 20.8. The molecule has 3 aromatic rings. The van der Waals surface area contributed by atoms with Crippen LogP contribution in [0.5, 0.6) is 0 Å². The number of nitrogen functional groups attached to an aromatic ring is 1. The molecule has 0 bridgehead atoms. The molecular formula is C42H67FN5O6P. The molecule has 1 aromatic carbocycles. The first-order valence-corrected chi connectivity index (χ1v) is 22.0. The molecule has 1 aliphatic rings. The van der Waals surface area contributed by atoms with Crippen molar-refractivity contribution in [2.75, 3.05) is 32.2 Å². The van der Waals surface area contributed by atoms with E-state index in [2.05, 4.69) is 17.0 Å². The van der Waals surface area contributed by atoms with Crippen LogP contribution in [0, 0.1) is 17.1 Å². The number of aromatic nitrogens is 3. The number of unbranched alkanes of at least 4 members (excludes halogenated alkanes) is 15. The number of benzene rings is 1. The molecule has 13 heteroatoms. The molecule has 4 unspecified atom stereocenters. The van der Waals surface area contributed by atoms with Crippen molar-refractivity contribution in [3.63, 3.8) is 0 Å². The number of anilines is 1. The Labute approximate surface area is 330 Å². The Hall–Kier alpha value is -2.75. The quantitative estimate of drug-likeness (QED) is 0.0515. The number of nitrogens with zero attached hydrogens (tertiary/aromatic N) is 4. The summed E-state index contributed by atoms with van der Waals surface area (Å²) in [5.74, 6) is -0.0932. The first kappa shape index (κ1) is 46.6. The molecule has 2 aromatic heterocycles. The van der Waals surface area contributed by atoms with Crippen molar-refractivity contribution < 1.29 is 32.5 Å². The van der Waals surface area contributed by atoms with Gasteiger partial charge in [-0.2, -0.15) is 10.4 Å². The fourth-order valence-electron chi connectivity index (χ4n) is 6.72. The van der Waals surface area contributed by atoms with E-state index in [1.54, 1.807) is 10.6 Å². The maximum Gasteiger partial charge on any atom is 0.330 e. The summed E-state index contributed by atoms with van der Waals surface area (Å²) in [7, 11) is -2.20. The van der Waals surface area contributed by atoms with Crippen LogP contribution in [0.15, 0.2) is 36.7 Å². The van der Waals surface area contributed by atoms with E-state index in [1.165, 1.54) is 108 Å². The molecule has 308 valence electrons. The number of hydrogen-bond donors (Lipinski definition) is 2. The van der Waals surface area contributed by atoms with Crippen molar-refractivity contribution in [3.05, 3.63) is 59.3 Å². The topological polar surface area (TPSA) is 146 Å². The van der Waals surface area contributed by atoms with E-state index in [9.17, 15) is 14.5 Å². The smallest absolute Gasteiger partial charge is 0.330 e. The summed E-state index contributed by atoms with van der Waals surface area (Å²) in [5, 5.41) is 13.5. The van der Waals surface area contributed by atoms with Gasteiger partial charge in [0.25, 0.3) is 0 Å². The highest BCUT2D eigenvalue weighted by molar-refractivity contribution is 7.40. The first-order chi connectivity index (χ1) is 27.0. The van der Waals surface area contributed by atoms with Gasteiger partial charge in [0.1, 0.15) is 29.9 Å². The van der Waals surface area contributed by atoms with Gasteiger partial charge in [-0.1, -0.05) is 117 Å². The van der Waals surface area contributed by atoms with E-state index in [1.807, 2.05) is 32.0 Å². The van der Waals surface area contributed by atoms with Crippen LogP contribution in [0.4, 0.5) is 10.2 Å². The van der Waals surface area contributed by atoms with Crippen molar-refractivity contribution in [1.29, 1.82) is 5.26 Å². The molecule has 3 N–H and O–H groups in total. The third-order valence-corrected chi connectivity index (χ3v) is 10.4. The normalized spacial score (nSPS) is 16.5. The zero-order valence-electron chi connectivity index (χ0n) is 33.6. The molecule has 0 spiro atoms. The van der Waals surface area contributed by atoms with Crippen molar-refractivity contribution in [2.45, 2.75) is 161 Å². The summed E-state index contributed by atoms with van der Waals surface area (Å²) < 4.78 is 45.2. The third-order valence-electron chi connectivity index (χ3n) is 9.71. The van der Waals surface area contributed by atoms with Gasteiger partial charge < -0.3 is 33.9 Å². The molecule has 0 amide bonds. The lowest BCUT2D eigenvalue weighted by molar-refractivity contribution is -0.0493. The Morgan fingerprint density at radius 3 is 2.24 bits per heavy atom. The minimum absolute atomic E-state index is 0.0208. The molecule has 11 nitrogen and oxygen atoms in total. The van der Waals surface area contributed by atoms with Crippen LogP contribution < -0.4 is 5.73 Å². The molecule has 0 aliphatic carbocycles. The average molecular weight is 788 g/mol. The summed E-state index contributed by atoms with van der Waals surface area (Å²) in [4.78, 5) is 14.6. The van der Waals surface area contributed by atoms with Gasteiger partial charge in [-0.25, -0.2) is 13.9 Å². The van der Waals surface area contributed by atoms with Crippen LogP contribution in [-0.4, -0.2) is 58.1 Å². The van der Waals surface area contributed by atoms with Crippen LogP contribution in [0.1, 0.15) is 159 Å². The van der Waals surface area contributed by atoms with Crippen molar-refractivity contribution in [2.24, 2.45) is 0 Å². The number of ether oxygens (including phenoxy) is 3. The van der Waals surface area contributed by atoms with Crippen LogP contribution in [0.3, 0.4) is 0 Å². The lowest BCUT2D eigenvalue weighted by Crippen LogP contribution is -2.25. The second kappa shape index (κ2) is 28.6. The van der Waals surface area contributed by atoms with Crippen LogP contribution in [-0.2, 0) is 29.9 Å². The van der Waals surface area contributed by atoms with E-state index in [4.69, 9.17) is 29.0 Å². The van der Waals surface area contributed by atoms with Gasteiger partial charge in [0.2, 0.25) is 0 Å². The Kier molecular flexibility index (Phi) is 24.3. The van der Waals surface area contributed by atoms with Crippen molar-refractivity contribution >= 4 is 19.9 Å². The van der Waals surface area contributed by atoms with Gasteiger partial charge >= 0.3 is 8.60 Å². The fourth-order valence-corrected chi connectivity index (χ4v) is 7.38. The van der Waals surface area contributed by atoms with Crippen LogP contribution in [0.25, 0.3) is 5.52 Å². The maximum absolute atomic E-state index is 14.0. The number of rotatable bonds is 29. The van der Waals surface area contributed by atoms with E-state index in [-0.39, 0.29) is 44.2 Å². The summed E-state index contributed by atoms with van der Waals surface area (Å²) >= 11 is 0. The molecule has 1 aliphatic heterocycles. The van der Waals surface area contributed by atoms with Gasteiger partial charge in [-0.3, -0.25) is 0 Å². The van der Waals surface area contributed by atoms with Crippen LogP contribution in [0.2, 0.25) is 0 Å². The largest absolute Gasteiger partial charge is 0.382 e. The second-order valence-electron chi connectivity index (χ2n) is 14.1. The highest BCUT2D eigenvalue weighted by Crippen LogP contribution is 2.38.